The smallest absolute Gasteiger partial charge is 0.242 e. The van der Waals surface area contributed by atoms with E-state index in [-0.39, 0.29) is 18.4 Å². The van der Waals surface area contributed by atoms with E-state index in [4.69, 9.17) is 11.6 Å². The van der Waals surface area contributed by atoms with Crippen molar-refractivity contribution in [3.63, 3.8) is 0 Å². The van der Waals surface area contributed by atoms with Gasteiger partial charge in [-0.15, -0.1) is 0 Å². The molecule has 1 heterocycles. The van der Waals surface area contributed by atoms with E-state index in [9.17, 15) is 9.59 Å². The Morgan fingerprint density at radius 1 is 1.18 bits per heavy atom. The summed E-state index contributed by atoms with van der Waals surface area (Å²) in [5, 5.41) is 0.564. The van der Waals surface area contributed by atoms with Crippen molar-refractivity contribution in [2.45, 2.75) is 39.5 Å². The first-order valence-electron chi connectivity index (χ1n) is 7.81. The molecule has 1 aromatic carbocycles. The molecule has 120 valence electrons. The second kappa shape index (κ2) is 7.63. The van der Waals surface area contributed by atoms with Crippen LogP contribution >= 0.6 is 11.6 Å². The third-order valence-electron chi connectivity index (χ3n) is 4.09. The standard InChI is InChI=1S/C17H23ClN2O2/c1-13-7-8-15(18)11-16(13)20(14(2)21)12-17(22)19-9-5-3-4-6-10-19/h7-8,11H,3-6,9-10,12H2,1-2H3. The monoisotopic (exact) mass is 322 g/mol. The minimum atomic E-state index is -0.145. The SMILES string of the molecule is CC(=O)N(CC(=O)N1CCCCCC1)c1cc(Cl)ccc1C. The molecule has 1 aliphatic heterocycles. The lowest BCUT2D eigenvalue weighted by Crippen LogP contribution is -2.43. The Morgan fingerprint density at radius 2 is 1.82 bits per heavy atom. The van der Waals surface area contributed by atoms with Crippen LogP contribution in [0.2, 0.25) is 5.02 Å². The number of likely N-dealkylation sites (tertiary alicyclic amines) is 1. The first kappa shape index (κ1) is 16.8. The van der Waals surface area contributed by atoms with Gasteiger partial charge in [0, 0.05) is 30.7 Å². The highest BCUT2D eigenvalue weighted by atomic mass is 35.5. The van der Waals surface area contributed by atoms with Crippen molar-refractivity contribution in [3.8, 4) is 0 Å². The number of rotatable bonds is 3. The predicted molar refractivity (Wildman–Crippen MR) is 89.3 cm³/mol. The number of hydrogen-bond acceptors (Lipinski definition) is 2. The van der Waals surface area contributed by atoms with E-state index in [1.165, 1.54) is 24.7 Å². The zero-order valence-corrected chi connectivity index (χ0v) is 14.0. The van der Waals surface area contributed by atoms with Crippen molar-refractivity contribution in [1.82, 2.24) is 4.90 Å². The fourth-order valence-corrected chi connectivity index (χ4v) is 2.96. The number of aryl methyl sites for hydroxylation is 1. The third-order valence-corrected chi connectivity index (χ3v) is 4.33. The van der Waals surface area contributed by atoms with Gasteiger partial charge in [-0.05, 0) is 37.5 Å². The van der Waals surface area contributed by atoms with Crippen LogP contribution in [-0.2, 0) is 9.59 Å². The van der Waals surface area contributed by atoms with Crippen LogP contribution in [0.1, 0.15) is 38.2 Å². The molecule has 1 fully saturated rings. The van der Waals surface area contributed by atoms with Gasteiger partial charge in [0.05, 0.1) is 0 Å². The number of anilines is 1. The van der Waals surface area contributed by atoms with Gasteiger partial charge in [0.15, 0.2) is 0 Å². The number of nitrogens with zero attached hydrogens (tertiary/aromatic N) is 2. The highest BCUT2D eigenvalue weighted by molar-refractivity contribution is 6.31. The Labute approximate surface area is 137 Å². The van der Waals surface area contributed by atoms with E-state index < -0.39 is 0 Å². The molecular weight excluding hydrogens is 300 g/mol. The van der Waals surface area contributed by atoms with E-state index in [0.29, 0.717) is 10.7 Å². The van der Waals surface area contributed by atoms with E-state index >= 15 is 0 Å². The number of amides is 2. The average molecular weight is 323 g/mol. The number of carbonyl (C=O) groups excluding carboxylic acids is 2. The minimum Gasteiger partial charge on any atom is -0.341 e. The van der Waals surface area contributed by atoms with Crippen LogP contribution in [-0.4, -0.2) is 36.3 Å². The molecule has 0 spiro atoms. The first-order chi connectivity index (χ1) is 10.5. The van der Waals surface area contributed by atoms with Gasteiger partial charge < -0.3 is 9.80 Å². The molecule has 1 aliphatic rings. The zero-order chi connectivity index (χ0) is 16.1. The number of benzene rings is 1. The summed E-state index contributed by atoms with van der Waals surface area (Å²) in [6, 6.07) is 5.40. The fraction of sp³-hybridized carbons (Fsp3) is 0.529. The number of carbonyl (C=O) groups is 2. The predicted octanol–water partition coefficient (Wildman–Crippen LogP) is 3.40. The Kier molecular flexibility index (Phi) is 5.83. The van der Waals surface area contributed by atoms with Gasteiger partial charge >= 0.3 is 0 Å². The van der Waals surface area contributed by atoms with Crippen LogP contribution in [0.3, 0.4) is 0 Å². The van der Waals surface area contributed by atoms with Crippen LogP contribution < -0.4 is 4.90 Å². The van der Waals surface area contributed by atoms with Gasteiger partial charge in [0.25, 0.3) is 0 Å². The maximum atomic E-state index is 12.5. The molecular formula is C17H23ClN2O2. The second-order valence-corrected chi connectivity index (χ2v) is 6.27. The summed E-state index contributed by atoms with van der Waals surface area (Å²) < 4.78 is 0. The maximum absolute atomic E-state index is 12.5. The second-order valence-electron chi connectivity index (χ2n) is 5.83. The van der Waals surface area contributed by atoms with Gasteiger partial charge in [0.2, 0.25) is 11.8 Å². The maximum Gasteiger partial charge on any atom is 0.242 e. The minimum absolute atomic E-state index is 0.0106. The summed E-state index contributed by atoms with van der Waals surface area (Å²) in [5.74, 6) is -0.134. The van der Waals surface area contributed by atoms with Crippen LogP contribution in [0.15, 0.2) is 18.2 Å². The van der Waals surface area contributed by atoms with E-state index in [1.54, 1.807) is 12.1 Å². The highest BCUT2D eigenvalue weighted by Crippen LogP contribution is 2.24. The lowest BCUT2D eigenvalue weighted by atomic mass is 10.1. The molecule has 0 atom stereocenters. The number of halogens is 1. The van der Waals surface area contributed by atoms with Crippen molar-refractivity contribution in [2.75, 3.05) is 24.5 Å². The molecule has 0 radical (unpaired) electrons. The van der Waals surface area contributed by atoms with Crippen LogP contribution in [0.4, 0.5) is 5.69 Å². The summed E-state index contributed by atoms with van der Waals surface area (Å²) in [6.45, 7) is 5.06. The van der Waals surface area contributed by atoms with Crippen LogP contribution in [0, 0.1) is 6.92 Å². The van der Waals surface area contributed by atoms with Gasteiger partial charge in [-0.3, -0.25) is 9.59 Å². The van der Waals surface area contributed by atoms with Crippen LogP contribution in [0.25, 0.3) is 0 Å². The summed E-state index contributed by atoms with van der Waals surface area (Å²) >= 11 is 6.04. The quantitative estimate of drug-likeness (QED) is 0.855. The van der Waals surface area contributed by atoms with Gasteiger partial charge in [-0.1, -0.05) is 30.5 Å². The molecule has 0 unspecified atom stereocenters. The fourth-order valence-electron chi connectivity index (χ4n) is 2.79. The molecule has 1 aromatic rings. The summed E-state index contributed by atoms with van der Waals surface area (Å²) in [4.78, 5) is 27.9. The first-order valence-corrected chi connectivity index (χ1v) is 8.19. The topological polar surface area (TPSA) is 40.6 Å². The average Bonchev–Trinajstić information content (AvgIpc) is 2.76. The summed E-state index contributed by atoms with van der Waals surface area (Å²) in [6.07, 6.45) is 4.44. The lowest BCUT2D eigenvalue weighted by molar-refractivity contribution is -0.131. The van der Waals surface area contributed by atoms with E-state index in [0.717, 1.165) is 31.5 Å². The van der Waals surface area contributed by atoms with Crippen LogP contribution in [0.5, 0.6) is 0 Å². The molecule has 2 amide bonds. The van der Waals surface area contributed by atoms with Gasteiger partial charge in [-0.25, -0.2) is 0 Å². The Bertz CT molecular complexity index is 552. The van der Waals surface area contributed by atoms with Crippen molar-refractivity contribution in [1.29, 1.82) is 0 Å². The molecule has 0 bridgehead atoms. The zero-order valence-electron chi connectivity index (χ0n) is 13.3. The number of hydrogen-bond donors (Lipinski definition) is 0. The molecule has 4 nitrogen and oxygen atoms in total. The Hall–Kier alpha value is -1.55. The van der Waals surface area contributed by atoms with Gasteiger partial charge in [0.1, 0.15) is 6.54 Å². The van der Waals surface area contributed by atoms with E-state index in [1.807, 2.05) is 17.9 Å². The van der Waals surface area contributed by atoms with Crippen molar-refractivity contribution >= 4 is 29.1 Å². The lowest BCUT2D eigenvalue weighted by Gasteiger charge is -2.27. The molecule has 0 N–H and O–H groups in total. The van der Waals surface area contributed by atoms with Crippen molar-refractivity contribution < 1.29 is 9.59 Å². The molecule has 1 saturated heterocycles. The molecule has 22 heavy (non-hydrogen) atoms. The normalized spacial score (nSPS) is 15.3. The van der Waals surface area contributed by atoms with Crippen molar-refractivity contribution in [2.24, 2.45) is 0 Å². The van der Waals surface area contributed by atoms with Gasteiger partial charge in [-0.2, -0.15) is 0 Å². The molecule has 0 aromatic heterocycles. The Balaban J connectivity index is 2.16. The third kappa shape index (κ3) is 4.23. The molecule has 5 heteroatoms. The highest BCUT2D eigenvalue weighted by Gasteiger charge is 2.22. The molecule has 0 aliphatic carbocycles. The summed E-state index contributed by atoms with van der Waals surface area (Å²) in [5.41, 5.74) is 1.64. The van der Waals surface area contributed by atoms with E-state index in [2.05, 4.69) is 0 Å². The largest absolute Gasteiger partial charge is 0.341 e. The molecule has 0 saturated carbocycles. The summed E-state index contributed by atoms with van der Waals surface area (Å²) in [7, 11) is 0. The van der Waals surface area contributed by atoms with Crippen molar-refractivity contribution in [3.05, 3.63) is 28.8 Å². The molecule has 2 rings (SSSR count). The Morgan fingerprint density at radius 3 is 2.41 bits per heavy atom.